The molecular weight excluding hydrogens is 191 g/mol. The zero-order chi connectivity index (χ0) is 9.84. The fourth-order valence-corrected chi connectivity index (χ4v) is 1.65. The lowest BCUT2D eigenvalue weighted by molar-refractivity contribution is -0.136. The molecule has 0 saturated heterocycles. The van der Waals surface area contributed by atoms with Crippen molar-refractivity contribution >= 4 is 17.7 Å². The van der Waals surface area contributed by atoms with Crippen LogP contribution in [0.1, 0.15) is 10.8 Å². The summed E-state index contributed by atoms with van der Waals surface area (Å²) in [5, 5.41) is 8.17. The molecule has 13 heavy (non-hydrogen) atoms. The van der Waals surface area contributed by atoms with E-state index in [0.717, 1.165) is 0 Å². The average Bonchev–Trinajstić information content (AvgIpc) is 2.09. The molecule has 0 aliphatic carbocycles. The van der Waals surface area contributed by atoms with E-state index < -0.39 is 11.2 Å². The molecule has 1 atom stereocenters. The zero-order valence-corrected chi connectivity index (χ0v) is 7.84. The van der Waals surface area contributed by atoms with E-state index in [4.69, 9.17) is 5.11 Å². The minimum atomic E-state index is -0.904. The van der Waals surface area contributed by atoms with Gasteiger partial charge in [-0.3, -0.25) is 4.79 Å². The van der Waals surface area contributed by atoms with Crippen LogP contribution < -0.4 is 0 Å². The molecule has 0 aromatic heterocycles. The highest BCUT2D eigenvalue weighted by atomic mass is 32.2. The van der Waals surface area contributed by atoms with Gasteiger partial charge in [-0.15, -0.1) is 11.8 Å². The Morgan fingerprint density at radius 2 is 2.00 bits per heavy atom. The number of hydrogen-bond donors (Lipinski definition) is 1. The average molecular weight is 200 g/mol. The third-order valence-corrected chi connectivity index (χ3v) is 2.58. The number of carboxylic acid groups (broad SMARTS) is 1. The molecule has 1 N–H and O–H groups in total. The second-order valence-corrected chi connectivity index (χ2v) is 3.45. The molecule has 0 aliphatic heterocycles. The summed E-state index contributed by atoms with van der Waals surface area (Å²) >= 11 is 1.21. The number of thioether (sulfide) groups is 1. The summed E-state index contributed by atoms with van der Waals surface area (Å²) in [6.07, 6.45) is 1.71. The molecule has 2 nitrogen and oxygen atoms in total. The first-order valence-corrected chi connectivity index (χ1v) is 4.95. The standard InChI is InChI=1S/C9H9FO2S/c1-13-8(9(11)12)6-2-4-7(10)5-3-6/h2-5,8H,1H3,(H,11,12). The third kappa shape index (κ3) is 2.45. The number of carboxylic acids is 1. The van der Waals surface area contributed by atoms with E-state index >= 15 is 0 Å². The molecule has 1 unspecified atom stereocenters. The largest absolute Gasteiger partial charge is 0.480 e. The van der Waals surface area contributed by atoms with Crippen molar-refractivity contribution in [3.05, 3.63) is 35.6 Å². The second kappa shape index (κ2) is 4.28. The Morgan fingerprint density at radius 1 is 1.46 bits per heavy atom. The van der Waals surface area contributed by atoms with Gasteiger partial charge in [0, 0.05) is 0 Å². The molecule has 0 saturated carbocycles. The number of carbonyl (C=O) groups is 1. The lowest BCUT2D eigenvalue weighted by Gasteiger charge is -2.08. The first-order valence-electron chi connectivity index (χ1n) is 3.66. The fraction of sp³-hybridized carbons (Fsp3) is 0.222. The minimum Gasteiger partial charge on any atom is -0.480 e. The highest BCUT2D eigenvalue weighted by Gasteiger charge is 2.17. The minimum absolute atomic E-state index is 0.353. The van der Waals surface area contributed by atoms with Gasteiger partial charge in [0.15, 0.2) is 0 Å². The van der Waals surface area contributed by atoms with Crippen molar-refractivity contribution in [2.45, 2.75) is 5.25 Å². The predicted molar refractivity (Wildman–Crippen MR) is 50.3 cm³/mol. The number of rotatable bonds is 3. The van der Waals surface area contributed by atoms with Crippen LogP contribution in [0, 0.1) is 5.82 Å². The normalized spacial score (nSPS) is 12.5. The van der Waals surface area contributed by atoms with Crippen LogP contribution in [0.5, 0.6) is 0 Å². The van der Waals surface area contributed by atoms with Crippen LogP contribution in [-0.2, 0) is 4.79 Å². The lowest BCUT2D eigenvalue weighted by Crippen LogP contribution is -2.07. The summed E-state index contributed by atoms with van der Waals surface area (Å²) in [6, 6.07) is 5.51. The zero-order valence-electron chi connectivity index (χ0n) is 7.03. The Morgan fingerprint density at radius 3 is 2.38 bits per heavy atom. The van der Waals surface area contributed by atoms with Gasteiger partial charge in [0.05, 0.1) is 0 Å². The Balaban J connectivity index is 2.92. The Kier molecular flexibility index (Phi) is 3.31. The Hall–Kier alpha value is -1.03. The fourth-order valence-electron chi connectivity index (χ4n) is 1.02. The van der Waals surface area contributed by atoms with Crippen LogP contribution in [-0.4, -0.2) is 17.3 Å². The van der Waals surface area contributed by atoms with Crippen molar-refractivity contribution in [3.8, 4) is 0 Å². The molecule has 0 amide bonds. The topological polar surface area (TPSA) is 37.3 Å². The summed E-state index contributed by atoms with van der Waals surface area (Å²) in [5.74, 6) is -1.26. The van der Waals surface area contributed by atoms with E-state index in [0.29, 0.717) is 5.56 Å². The van der Waals surface area contributed by atoms with E-state index in [1.807, 2.05) is 0 Å². The monoisotopic (exact) mass is 200 g/mol. The number of hydrogen-bond acceptors (Lipinski definition) is 2. The van der Waals surface area contributed by atoms with Gasteiger partial charge in [-0.25, -0.2) is 4.39 Å². The Bertz CT molecular complexity index is 297. The number of benzene rings is 1. The molecule has 0 spiro atoms. The molecular formula is C9H9FO2S. The quantitative estimate of drug-likeness (QED) is 0.813. The van der Waals surface area contributed by atoms with Gasteiger partial charge in [0.1, 0.15) is 11.1 Å². The van der Waals surface area contributed by atoms with Crippen molar-refractivity contribution in [1.82, 2.24) is 0 Å². The lowest BCUT2D eigenvalue weighted by atomic mass is 10.1. The summed E-state index contributed by atoms with van der Waals surface area (Å²) in [6.45, 7) is 0. The molecule has 0 radical (unpaired) electrons. The Labute approximate surface area is 79.8 Å². The van der Waals surface area contributed by atoms with E-state index in [1.54, 1.807) is 6.26 Å². The number of aliphatic carboxylic acids is 1. The molecule has 70 valence electrons. The van der Waals surface area contributed by atoms with Gasteiger partial charge in [-0.1, -0.05) is 12.1 Å². The van der Waals surface area contributed by atoms with Gasteiger partial charge in [0.2, 0.25) is 0 Å². The van der Waals surface area contributed by atoms with E-state index in [9.17, 15) is 9.18 Å². The summed E-state index contributed by atoms with van der Waals surface area (Å²) in [4.78, 5) is 10.7. The maximum atomic E-state index is 12.5. The van der Waals surface area contributed by atoms with Gasteiger partial charge in [0.25, 0.3) is 0 Å². The highest BCUT2D eigenvalue weighted by Crippen LogP contribution is 2.26. The number of halogens is 1. The van der Waals surface area contributed by atoms with Crippen LogP contribution in [0.25, 0.3) is 0 Å². The molecule has 0 aliphatic rings. The first kappa shape index (κ1) is 10.1. The van der Waals surface area contributed by atoms with Crippen molar-refractivity contribution < 1.29 is 14.3 Å². The summed E-state index contributed by atoms with van der Waals surface area (Å²) in [5.41, 5.74) is 0.612. The maximum absolute atomic E-state index is 12.5. The molecule has 0 heterocycles. The van der Waals surface area contributed by atoms with Crippen molar-refractivity contribution in [2.75, 3.05) is 6.26 Å². The highest BCUT2D eigenvalue weighted by molar-refractivity contribution is 7.99. The van der Waals surface area contributed by atoms with Crippen LogP contribution >= 0.6 is 11.8 Å². The van der Waals surface area contributed by atoms with Crippen molar-refractivity contribution in [3.63, 3.8) is 0 Å². The first-order chi connectivity index (χ1) is 6.15. The van der Waals surface area contributed by atoms with Crippen molar-refractivity contribution in [1.29, 1.82) is 0 Å². The molecule has 1 rings (SSSR count). The van der Waals surface area contributed by atoms with Crippen molar-refractivity contribution in [2.24, 2.45) is 0 Å². The van der Waals surface area contributed by atoms with Gasteiger partial charge in [-0.2, -0.15) is 0 Å². The SMILES string of the molecule is CSC(C(=O)O)c1ccc(F)cc1. The van der Waals surface area contributed by atoms with Crippen LogP contribution in [0.2, 0.25) is 0 Å². The molecule has 0 fully saturated rings. The van der Waals surface area contributed by atoms with Crippen LogP contribution in [0.3, 0.4) is 0 Å². The summed E-state index contributed by atoms with van der Waals surface area (Å²) in [7, 11) is 0. The molecule has 1 aromatic carbocycles. The second-order valence-electron chi connectivity index (χ2n) is 2.51. The predicted octanol–water partition coefficient (Wildman–Crippen LogP) is 2.31. The molecule has 0 bridgehead atoms. The smallest absolute Gasteiger partial charge is 0.321 e. The van der Waals surface area contributed by atoms with Gasteiger partial charge >= 0.3 is 5.97 Å². The van der Waals surface area contributed by atoms with Gasteiger partial charge in [-0.05, 0) is 24.0 Å². The van der Waals surface area contributed by atoms with Crippen LogP contribution in [0.15, 0.2) is 24.3 Å². The van der Waals surface area contributed by atoms with E-state index in [1.165, 1.54) is 36.0 Å². The third-order valence-electron chi connectivity index (χ3n) is 1.63. The maximum Gasteiger partial charge on any atom is 0.321 e. The van der Waals surface area contributed by atoms with E-state index in [-0.39, 0.29) is 5.82 Å². The van der Waals surface area contributed by atoms with Gasteiger partial charge < -0.3 is 5.11 Å². The molecule has 4 heteroatoms. The summed E-state index contributed by atoms with van der Waals surface area (Å²) < 4.78 is 12.5. The molecule has 1 aromatic rings. The van der Waals surface area contributed by atoms with Crippen LogP contribution in [0.4, 0.5) is 4.39 Å². The van der Waals surface area contributed by atoms with E-state index in [2.05, 4.69) is 0 Å².